The minimum atomic E-state index is -7.42. The van der Waals surface area contributed by atoms with Gasteiger partial charge >= 0.3 is 41.9 Å². The van der Waals surface area contributed by atoms with E-state index in [9.17, 15) is 62.6 Å². The highest BCUT2D eigenvalue weighted by molar-refractivity contribution is 5.75. The number of aliphatic hydroxyl groups is 1. The molecule has 0 radical (unpaired) electrons. The Morgan fingerprint density at radius 1 is 0.969 bits per heavy atom. The van der Waals surface area contributed by atoms with Crippen molar-refractivity contribution in [2.75, 3.05) is 6.61 Å². The summed E-state index contributed by atoms with van der Waals surface area (Å²) in [7, 11) is 0. The zero-order valence-corrected chi connectivity index (χ0v) is 15.2. The van der Waals surface area contributed by atoms with Crippen LogP contribution in [0.25, 0.3) is 0 Å². The van der Waals surface area contributed by atoms with Crippen LogP contribution in [0.1, 0.15) is 12.8 Å². The molecule has 2 bridgehead atoms. The summed E-state index contributed by atoms with van der Waals surface area (Å²) in [5, 5.41) is 9.25. The third-order valence-electron chi connectivity index (χ3n) is 5.92. The highest BCUT2D eigenvalue weighted by Gasteiger charge is 2.95. The first-order valence-electron chi connectivity index (χ1n) is 8.71. The first kappa shape index (κ1) is 24.9. The number of esters is 1. The quantitative estimate of drug-likeness (QED) is 0.360. The highest BCUT2D eigenvalue weighted by atomic mass is 19.4. The molecule has 1 saturated heterocycles. The molecule has 1 aliphatic heterocycles. The van der Waals surface area contributed by atoms with Crippen molar-refractivity contribution in [1.82, 2.24) is 0 Å². The smallest absolute Gasteiger partial charge is 0.443 e. The Morgan fingerprint density at radius 3 is 1.91 bits per heavy atom. The topological polar surface area (TPSA) is 55.8 Å². The van der Waals surface area contributed by atoms with Crippen molar-refractivity contribution in [2.45, 2.75) is 54.3 Å². The molecular weight excluding hydrogens is 484 g/mol. The SMILES string of the molecule is O=C(OC1(C(F)(F)C(F)(F)C(F)(F)F)COC(O)(C(F)(F)F)C1(F)F)C1CC2C=CC1C2. The summed E-state index contributed by atoms with van der Waals surface area (Å²) in [4.78, 5) is 12.3. The van der Waals surface area contributed by atoms with Crippen LogP contribution in [0.4, 0.5) is 52.7 Å². The zero-order valence-electron chi connectivity index (χ0n) is 15.2. The molecule has 0 aromatic carbocycles. The first-order valence-corrected chi connectivity index (χ1v) is 8.71. The monoisotopic (exact) mass is 496 g/mol. The number of allylic oxidation sites excluding steroid dienone is 2. The summed E-state index contributed by atoms with van der Waals surface area (Å²) in [5.41, 5.74) is -5.86. The summed E-state index contributed by atoms with van der Waals surface area (Å²) < 4.78 is 170. The van der Waals surface area contributed by atoms with Crippen LogP contribution in [0.15, 0.2) is 12.2 Å². The molecule has 1 N–H and O–H groups in total. The third kappa shape index (κ3) is 2.90. The van der Waals surface area contributed by atoms with Gasteiger partial charge in [-0.25, -0.2) is 0 Å². The lowest BCUT2D eigenvalue weighted by atomic mass is 9.82. The molecule has 5 atom stereocenters. The second-order valence-corrected chi connectivity index (χ2v) is 7.79. The van der Waals surface area contributed by atoms with Gasteiger partial charge in [0.2, 0.25) is 0 Å². The number of hydrogen-bond donors (Lipinski definition) is 1. The molecule has 32 heavy (non-hydrogen) atoms. The van der Waals surface area contributed by atoms with E-state index in [1.54, 1.807) is 0 Å². The van der Waals surface area contributed by atoms with Crippen molar-refractivity contribution >= 4 is 5.97 Å². The van der Waals surface area contributed by atoms with Crippen molar-refractivity contribution in [3.05, 3.63) is 12.2 Å². The molecule has 4 nitrogen and oxygen atoms in total. The van der Waals surface area contributed by atoms with Crippen molar-refractivity contribution in [3.63, 3.8) is 0 Å². The average molecular weight is 496 g/mol. The molecule has 1 heterocycles. The van der Waals surface area contributed by atoms with Crippen molar-refractivity contribution < 1.29 is 72.1 Å². The Labute approximate surface area is 170 Å². The molecular formula is C16H12F12O4. The number of halogens is 12. The van der Waals surface area contributed by atoms with E-state index < -0.39 is 71.8 Å². The Kier molecular flexibility index (Phi) is 5.19. The molecule has 3 aliphatic rings. The van der Waals surface area contributed by atoms with Gasteiger partial charge in [0, 0.05) is 0 Å². The minimum Gasteiger partial charge on any atom is -0.443 e. The molecule has 2 fully saturated rings. The number of carbonyl (C=O) groups excluding carboxylic acids is 1. The molecule has 1 saturated carbocycles. The summed E-state index contributed by atoms with van der Waals surface area (Å²) >= 11 is 0. The van der Waals surface area contributed by atoms with Gasteiger partial charge in [-0.05, 0) is 24.7 Å². The van der Waals surface area contributed by atoms with Crippen LogP contribution in [-0.2, 0) is 14.3 Å². The van der Waals surface area contributed by atoms with E-state index in [1.807, 2.05) is 0 Å². The van der Waals surface area contributed by atoms with Gasteiger partial charge in [-0.15, -0.1) is 0 Å². The van der Waals surface area contributed by atoms with Crippen LogP contribution in [0.2, 0.25) is 0 Å². The third-order valence-corrected chi connectivity index (χ3v) is 5.92. The van der Waals surface area contributed by atoms with Crippen LogP contribution in [0, 0.1) is 17.8 Å². The van der Waals surface area contributed by atoms with Gasteiger partial charge in [-0.2, -0.15) is 52.7 Å². The molecule has 5 unspecified atom stereocenters. The van der Waals surface area contributed by atoms with Gasteiger partial charge in [0.15, 0.2) is 0 Å². The molecule has 16 heteroatoms. The van der Waals surface area contributed by atoms with Gasteiger partial charge in [0.05, 0.1) is 5.92 Å². The number of carbonyl (C=O) groups is 1. The number of fused-ring (bicyclic) bond motifs is 2. The molecule has 0 aromatic rings. The van der Waals surface area contributed by atoms with E-state index >= 15 is 0 Å². The van der Waals surface area contributed by atoms with Gasteiger partial charge < -0.3 is 14.6 Å². The lowest BCUT2D eigenvalue weighted by Crippen LogP contribution is -2.75. The Balaban J connectivity index is 2.14. The van der Waals surface area contributed by atoms with E-state index in [4.69, 9.17) is 0 Å². The van der Waals surface area contributed by atoms with Gasteiger partial charge in [0.25, 0.3) is 5.60 Å². The van der Waals surface area contributed by atoms with Crippen molar-refractivity contribution in [2.24, 2.45) is 17.8 Å². The summed E-state index contributed by atoms with van der Waals surface area (Å²) in [6, 6.07) is 0. The van der Waals surface area contributed by atoms with Gasteiger partial charge in [-0.1, -0.05) is 12.2 Å². The van der Waals surface area contributed by atoms with Crippen LogP contribution in [0.5, 0.6) is 0 Å². The Hall–Kier alpha value is -1.71. The fraction of sp³-hybridized carbons (Fsp3) is 0.812. The molecule has 0 amide bonds. The van der Waals surface area contributed by atoms with E-state index in [1.165, 1.54) is 12.2 Å². The largest absolute Gasteiger partial charge is 0.460 e. The number of hydrogen-bond acceptors (Lipinski definition) is 4. The fourth-order valence-corrected chi connectivity index (χ4v) is 4.10. The van der Waals surface area contributed by atoms with Crippen molar-refractivity contribution in [3.8, 4) is 0 Å². The second kappa shape index (κ2) is 6.67. The molecule has 0 spiro atoms. The molecule has 184 valence electrons. The predicted molar refractivity (Wildman–Crippen MR) is 75.5 cm³/mol. The van der Waals surface area contributed by atoms with E-state index in [0.29, 0.717) is 0 Å². The zero-order chi connectivity index (χ0) is 24.8. The van der Waals surface area contributed by atoms with Gasteiger partial charge in [-0.3, -0.25) is 4.79 Å². The fourth-order valence-electron chi connectivity index (χ4n) is 4.10. The van der Waals surface area contributed by atoms with Crippen LogP contribution in [-0.4, -0.2) is 59.2 Å². The maximum Gasteiger partial charge on any atom is 0.460 e. The lowest BCUT2D eigenvalue weighted by Gasteiger charge is -2.44. The number of ether oxygens (including phenoxy) is 2. The Morgan fingerprint density at radius 2 is 1.53 bits per heavy atom. The summed E-state index contributed by atoms with van der Waals surface area (Å²) in [5.74, 6) is -32.3. The van der Waals surface area contributed by atoms with Crippen molar-refractivity contribution in [1.29, 1.82) is 0 Å². The second-order valence-electron chi connectivity index (χ2n) is 7.79. The highest BCUT2D eigenvalue weighted by Crippen LogP contribution is 2.64. The number of rotatable bonds is 4. The van der Waals surface area contributed by atoms with Crippen LogP contribution in [0.3, 0.4) is 0 Å². The van der Waals surface area contributed by atoms with E-state index in [-0.39, 0.29) is 12.8 Å². The average Bonchev–Trinajstić information content (AvgIpc) is 3.29. The van der Waals surface area contributed by atoms with Crippen LogP contribution < -0.4 is 0 Å². The van der Waals surface area contributed by atoms with Crippen LogP contribution >= 0.6 is 0 Å². The maximum atomic E-state index is 14.7. The maximum absolute atomic E-state index is 14.7. The van der Waals surface area contributed by atoms with E-state index in [2.05, 4.69) is 9.47 Å². The number of alkyl halides is 12. The van der Waals surface area contributed by atoms with E-state index in [0.717, 1.165) is 0 Å². The molecule has 3 rings (SSSR count). The predicted octanol–water partition coefficient (Wildman–Crippen LogP) is 4.23. The lowest BCUT2D eigenvalue weighted by molar-refractivity contribution is -0.436. The Bertz CT molecular complexity index is 819. The normalized spacial score (nSPS) is 37.2. The molecule has 2 aliphatic carbocycles. The molecule has 0 aromatic heterocycles. The summed E-state index contributed by atoms with van der Waals surface area (Å²) in [6.07, 6.45) is -11.2. The first-order chi connectivity index (χ1) is 14.2. The standard InChI is InChI=1S/C16H12F12O4/c17-11(18,13(21,22)15(23,24)25)10(5-31-14(30,12(10,19)20)16(26,27)28)32-9(29)8-4-6-1-2-7(8)3-6/h1-2,6-8,30H,3-5H2. The minimum absolute atomic E-state index is 0.168. The summed E-state index contributed by atoms with van der Waals surface area (Å²) in [6.45, 7) is -3.02. The van der Waals surface area contributed by atoms with Gasteiger partial charge in [0.1, 0.15) is 6.61 Å².